The molecule has 0 unspecified atom stereocenters. The van der Waals surface area contributed by atoms with E-state index in [1.807, 2.05) is 19.0 Å². The van der Waals surface area contributed by atoms with Crippen molar-refractivity contribution in [3.05, 3.63) is 12.2 Å². The fourth-order valence-electron chi connectivity index (χ4n) is 1.94. The molecule has 0 rings (SSSR count). The number of hydrogen-bond donors (Lipinski definition) is 1. The highest BCUT2D eigenvalue weighted by Crippen LogP contribution is 2.08. The van der Waals surface area contributed by atoms with E-state index < -0.39 is 0 Å². The van der Waals surface area contributed by atoms with Crippen LogP contribution in [-0.4, -0.2) is 38.0 Å². The number of halogens is 1. The third kappa shape index (κ3) is 17.4. The van der Waals surface area contributed by atoms with Crippen LogP contribution in [-0.2, 0) is 4.79 Å². The van der Waals surface area contributed by atoms with Crippen molar-refractivity contribution in [3.63, 3.8) is 0 Å². The first kappa shape index (κ1) is 25.4. The van der Waals surface area contributed by atoms with Crippen LogP contribution >= 0.6 is 0 Å². The van der Waals surface area contributed by atoms with Gasteiger partial charge >= 0.3 is 0 Å². The standard InChI is InChI=1S/C15H29NO.C2H7N.ClH/c1-5-7-8-9-10-11-13-16(12-6-2)15(17)14(3)4;1-3-2;/h3,5-13H2,1-2,4H3;3H,1-2H3;1H/p-1. The second-order valence-electron chi connectivity index (χ2n) is 5.34. The molecule has 0 aliphatic heterocycles. The van der Waals surface area contributed by atoms with Gasteiger partial charge in [0.05, 0.1) is 0 Å². The summed E-state index contributed by atoms with van der Waals surface area (Å²) in [6, 6.07) is 0. The molecule has 21 heavy (non-hydrogen) atoms. The van der Waals surface area contributed by atoms with E-state index in [9.17, 15) is 4.79 Å². The van der Waals surface area contributed by atoms with Crippen LogP contribution in [0.1, 0.15) is 65.7 Å². The van der Waals surface area contributed by atoms with Gasteiger partial charge < -0.3 is 22.6 Å². The lowest BCUT2D eigenvalue weighted by Crippen LogP contribution is -3.00. The Hall–Kier alpha value is -0.540. The van der Waals surface area contributed by atoms with Crippen molar-refractivity contribution in [2.24, 2.45) is 0 Å². The van der Waals surface area contributed by atoms with Crippen LogP contribution in [0.3, 0.4) is 0 Å². The molecule has 0 atom stereocenters. The van der Waals surface area contributed by atoms with Crippen molar-refractivity contribution < 1.29 is 17.2 Å². The first-order chi connectivity index (χ1) is 9.54. The zero-order valence-electron chi connectivity index (χ0n) is 14.8. The molecular formula is C17H36ClN2O-. The Bertz CT molecular complexity index is 245. The molecule has 0 aromatic heterocycles. The van der Waals surface area contributed by atoms with Gasteiger partial charge in [0.1, 0.15) is 0 Å². The molecule has 0 aromatic carbocycles. The number of nitrogens with zero attached hydrogens (tertiary/aromatic N) is 1. The van der Waals surface area contributed by atoms with E-state index >= 15 is 0 Å². The number of carbonyl (C=O) groups is 1. The van der Waals surface area contributed by atoms with Crippen molar-refractivity contribution in [2.75, 3.05) is 27.2 Å². The second-order valence-corrected chi connectivity index (χ2v) is 5.34. The Morgan fingerprint density at radius 3 is 1.86 bits per heavy atom. The highest BCUT2D eigenvalue weighted by molar-refractivity contribution is 5.92. The molecule has 0 radical (unpaired) electrons. The van der Waals surface area contributed by atoms with Gasteiger partial charge in [0, 0.05) is 18.7 Å². The third-order valence-electron chi connectivity index (χ3n) is 2.93. The van der Waals surface area contributed by atoms with E-state index in [0.29, 0.717) is 5.57 Å². The van der Waals surface area contributed by atoms with Gasteiger partial charge in [0.25, 0.3) is 0 Å². The van der Waals surface area contributed by atoms with E-state index in [0.717, 1.165) is 25.9 Å². The second kappa shape index (κ2) is 19.5. The summed E-state index contributed by atoms with van der Waals surface area (Å²) in [4.78, 5) is 13.8. The summed E-state index contributed by atoms with van der Waals surface area (Å²) in [5.74, 6) is 0.125. The largest absolute Gasteiger partial charge is 1.00 e. The number of hydrogen-bond acceptors (Lipinski definition) is 2. The average Bonchev–Trinajstić information content (AvgIpc) is 2.41. The molecule has 4 heteroatoms. The fourth-order valence-corrected chi connectivity index (χ4v) is 1.94. The lowest BCUT2D eigenvalue weighted by molar-refractivity contribution is -0.127. The van der Waals surface area contributed by atoms with Crippen LogP contribution in [0.15, 0.2) is 12.2 Å². The molecule has 128 valence electrons. The van der Waals surface area contributed by atoms with Crippen molar-refractivity contribution in [1.29, 1.82) is 0 Å². The van der Waals surface area contributed by atoms with Gasteiger partial charge in [0.2, 0.25) is 5.91 Å². The van der Waals surface area contributed by atoms with Gasteiger partial charge in [-0.2, -0.15) is 0 Å². The van der Waals surface area contributed by atoms with Crippen molar-refractivity contribution in [3.8, 4) is 0 Å². The highest BCUT2D eigenvalue weighted by atomic mass is 35.5. The molecular weight excluding hydrogens is 284 g/mol. The number of carbonyl (C=O) groups excluding carboxylic acids is 1. The van der Waals surface area contributed by atoms with Gasteiger partial charge in [-0.05, 0) is 33.9 Å². The van der Waals surface area contributed by atoms with E-state index in [2.05, 4.69) is 25.7 Å². The molecule has 0 saturated heterocycles. The minimum absolute atomic E-state index is 0. The molecule has 0 aliphatic carbocycles. The normalized spacial score (nSPS) is 9.19. The Morgan fingerprint density at radius 2 is 1.43 bits per heavy atom. The minimum Gasteiger partial charge on any atom is -1.00 e. The summed E-state index contributed by atoms with van der Waals surface area (Å²) in [5.41, 5.74) is 0.657. The fraction of sp³-hybridized carbons (Fsp3) is 0.824. The SMILES string of the molecule is C=C(C)C(=O)N(CCC)CCCCCCCC.CNC.[Cl-]. The van der Waals surface area contributed by atoms with E-state index in [1.165, 1.54) is 32.1 Å². The Morgan fingerprint density at radius 1 is 0.952 bits per heavy atom. The van der Waals surface area contributed by atoms with Gasteiger partial charge in [0.15, 0.2) is 0 Å². The van der Waals surface area contributed by atoms with Gasteiger partial charge in [-0.3, -0.25) is 4.79 Å². The van der Waals surface area contributed by atoms with Crippen LogP contribution < -0.4 is 17.7 Å². The summed E-state index contributed by atoms with van der Waals surface area (Å²) < 4.78 is 0. The molecule has 3 nitrogen and oxygen atoms in total. The van der Waals surface area contributed by atoms with Crippen molar-refractivity contribution in [2.45, 2.75) is 65.7 Å². The molecule has 0 fully saturated rings. The van der Waals surface area contributed by atoms with E-state index in [1.54, 1.807) is 6.92 Å². The topological polar surface area (TPSA) is 32.3 Å². The van der Waals surface area contributed by atoms with E-state index in [4.69, 9.17) is 0 Å². The molecule has 0 spiro atoms. The smallest absolute Gasteiger partial charge is 0.248 e. The zero-order valence-corrected chi connectivity index (χ0v) is 15.6. The summed E-state index contributed by atoms with van der Waals surface area (Å²) in [7, 11) is 3.75. The molecule has 1 N–H and O–H groups in total. The van der Waals surface area contributed by atoms with Gasteiger partial charge in [-0.15, -0.1) is 0 Å². The summed E-state index contributed by atoms with van der Waals surface area (Å²) in [5, 5.41) is 2.75. The highest BCUT2D eigenvalue weighted by Gasteiger charge is 2.12. The van der Waals surface area contributed by atoms with Crippen molar-refractivity contribution >= 4 is 5.91 Å². The molecule has 1 amide bonds. The zero-order chi connectivity index (χ0) is 15.8. The predicted octanol–water partition coefficient (Wildman–Crippen LogP) is 1.00. The van der Waals surface area contributed by atoms with Crippen LogP contribution in [0.25, 0.3) is 0 Å². The van der Waals surface area contributed by atoms with Gasteiger partial charge in [-0.25, -0.2) is 0 Å². The Kier molecular flexibility index (Phi) is 23.6. The van der Waals surface area contributed by atoms with Crippen molar-refractivity contribution in [1.82, 2.24) is 10.2 Å². The summed E-state index contributed by atoms with van der Waals surface area (Å²) in [6.45, 7) is 11.6. The number of nitrogens with one attached hydrogen (secondary N) is 1. The molecule has 0 saturated carbocycles. The lowest BCUT2D eigenvalue weighted by atomic mass is 10.1. The number of amides is 1. The first-order valence-electron chi connectivity index (χ1n) is 8.08. The quantitative estimate of drug-likeness (QED) is 0.481. The van der Waals surface area contributed by atoms with Gasteiger partial charge in [-0.1, -0.05) is 52.5 Å². The van der Waals surface area contributed by atoms with Crippen LogP contribution in [0.4, 0.5) is 0 Å². The van der Waals surface area contributed by atoms with Crippen LogP contribution in [0.5, 0.6) is 0 Å². The molecule has 0 bridgehead atoms. The monoisotopic (exact) mass is 319 g/mol. The van der Waals surface area contributed by atoms with Crippen LogP contribution in [0, 0.1) is 0 Å². The Labute approximate surface area is 139 Å². The maximum atomic E-state index is 11.8. The lowest BCUT2D eigenvalue weighted by Gasteiger charge is -2.22. The predicted molar refractivity (Wildman–Crippen MR) is 90.0 cm³/mol. The van der Waals surface area contributed by atoms with Crippen LogP contribution in [0.2, 0.25) is 0 Å². The molecule has 0 aromatic rings. The maximum Gasteiger partial charge on any atom is 0.248 e. The molecule has 0 heterocycles. The Balaban J connectivity index is -0.000000740. The maximum absolute atomic E-state index is 11.8. The average molecular weight is 320 g/mol. The first-order valence-corrected chi connectivity index (χ1v) is 8.08. The minimum atomic E-state index is 0. The molecule has 0 aliphatic rings. The van der Waals surface area contributed by atoms with E-state index in [-0.39, 0.29) is 18.3 Å². The summed E-state index contributed by atoms with van der Waals surface area (Å²) in [6.07, 6.45) is 8.65. The number of unbranched alkanes of at least 4 members (excludes halogenated alkanes) is 5. The third-order valence-corrected chi connectivity index (χ3v) is 2.93. The summed E-state index contributed by atoms with van der Waals surface area (Å²) >= 11 is 0. The number of rotatable bonds is 10.